The zero-order chi connectivity index (χ0) is 23.1. The van der Waals surface area contributed by atoms with Gasteiger partial charge in [0.25, 0.3) is 11.5 Å². The molecule has 2 aromatic carbocycles. The van der Waals surface area contributed by atoms with Crippen LogP contribution in [0.25, 0.3) is 0 Å². The van der Waals surface area contributed by atoms with Gasteiger partial charge in [-0.2, -0.15) is 0 Å². The first-order valence-electron chi connectivity index (χ1n) is 10.1. The summed E-state index contributed by atoms with van der Waals surface area (Å²) in [6.07, 6.45) is 0.643. The predicted molar refractivity (Wildman–Crippen MR) is 113 cm³/mol. The molecule has 0 radical (unpaired) electrons. The second-order valence-electron chi connectivity index (χ2n) is 7.15. The molecule has 0 saturated heterocycles. The van der Waals surface area contributed by atoms with Gasteiger partial charge in [0, 0.05) is 6.54 Å². The van der Waals surface area contributed by atoms with Crippen molar-refractivity contribution in [2.75, 3.05) is 0 Å². The number of rotatable bonds is 9. The van der Waals surface area contributed by atoms with Crippen molar-refractivity contribution in [3.8, 4) is 5.75 Å². The molecule has 1 unspecified atom stereocenters. The Kier molecular flexibility index (Phi) is 7.67. The first kappa shape index (κ1) is 23.1. The standard InChI is InChI=1S/C23H23F2N3O4/c1-2-6-18(32-13-14-7-4-3-5-8-14)21-27-19(20(29)23(31)28-21)22(30)26-12-15-9-10-16(24)17(25)11-15/h3-5,7-11,18,29H,2,6,12-13H2,1H3,(H,26,30)(H,27,28,31). The maximum atomic E-state index is 13.4. The Morgan fingerprint density at radius 3 is 2.59 bits per heavy atom. The van der Waals surface area contributed by atoms with E-state index in [-0.39, 0.29) is 19.0 Å². The Hall–Kier alpha value is -3.59. The lowest BCUT2D eigenvalue weighted by atomic mass is 10.1. The van der Waals surface area contributed by atoms with Gasteiger partial charge in [-0.1, -0.05) is 49.7 Å². The number of hydrogen-bond donors (Lipinski definition) is 3. The molecule has 0 saturated carbocycles. The third-order valence-electron chi connectivity index (χ3n) is 4.72. The van der Waals surface area contributed by atoms with Crippen molar-refractivity contribution >= 4 is 5.91 Å². The van der Waals surface area contributed by atoms with E-state index in [2.05, 4.69) is 15.3 Å². The van der Waals surface area contributed by atoms with E-state index in [1.54, 1.807) is 0 Å². The van der Waals surface area contributed by atoms with Gasteiger partial charge in [-0.05, 0) is 29.7 Å². The van der Waals surface area contributed by atoms with Crippen molar-refractivity contribution in [2.24, 2.45) is 0 Å². The number of aromatic nitrogens is 2. The lowest BCUT2D eigenvalue weighted by Crippen LogP contribution is -2.28. The topological polar surface area (TPSA) is 104 Å². The minimum Gasteiger partial charge on any atom is -0.501 e. The van der Waals surface area contributed by atoms with Crippen LogP contribution in [-0.4, -0.2) is 21.0 Å². The number of nitrogens with one attached hydrogen (secondary N) is 2. The third-order valence-corrected chi connectivity index (χ3v) is 4.72. The molecule has 7 nitrogen and oxygen atoms in total. The third kappa shape index (κ3) is 5.76. The maximum absolute atomic E-state index is 13.4. The smallest absolute Gasteiger partial charge is 0.294 e. The van der Waals surface area contributed by atoms with Crippen LogP contribution in [0.1, 0.15) is 53.3 Å². The number of hydrogen-bond acceptors (Lipinski definition) is 5. The molecule has 0 bridgehead atoms. The molecular formula is C23H23F2N3O4. The van der Waals surface area contributed by atoms with Crippen LogP contribution >= 0.6 is 0 Å². The summed E-state index contributed by atoms with van der Waals surface area (Å²) in [4.78, 5) is 31.4. The average Bonchev–Trinajstić information content (AvgIpc) is 2.79. The predicted octanol–water partition coefficient (Wildman–Crippen LogP) is 3.74. The van der Waals surface area contributed by atoms with Gasteiger partial charge in [0.05, 0.1) is 6.61 Å². The molecule has 9 heteroatoms. The lowest BCUT2D eigenvalue weighted by Gasteiger charge is -2.17. The van der Waals surface area contributed by atoms with E-state index in [4.69, 9.17) is 4.74 Å². The van der Waals surface area contributed by atoms with Gasteiger partial charge in [-0.3, -0.25) is 9.59 Å². The molecule has 0 spiro atoms. The summed E-state index contributed by atoms with van der Waals surface area (Å²) in [5, 5.41) is 12.5. The number of H-pyrrole nitrogens is 1. The van der Waals surface area contributed by atoms with Gasteiger partial charge in [-0.25, -0.2) is 13.8 Å². The van der Waals surface area contributed by atoms with Gasteiger partial charge < -0.3 is 20.1 Å². The second kappa shape index (κ2) is 10.6. The van der Waals surface area contributed by atoms with Crippen LogP contribution in [0, 0.1) is 11.6 Å². The van der Waals surface area contributed by atoms with E-state index >= 15 is 0 Å². The summed E-state index contributed by atoms with van der Waals surface area (Å²) in [5.74, 6) is -3.61. The monoisotopic (exact) mass is 443 g/mol. The summed E-state index contributed by atoms with van der Waals surface area (Å²) >= 11 is 0. The SMILES string of the molecule is CCCC(OCc1ccccc1)c1nc(C(=O)NCc2ccc(F)c(F)c2)c(O)c(=O)[nH]1. The molecule has 1 aromatic heterocycles. The fourth-order valence-corrected chi connectivity index (χ4v) is 3.04. The minimum atomic E-state index is -1.05. The number of nitrogens with zero attached hydrogens (tertiary/aromatic N) is 1. The van der Waals surface area contributed by atoms with Gasteiger partial charge >= 0.3 is 0 Å². The van der Waals surface area contributed by atoms with Crippen LogP contribution in [0.2, 0.25) is 0 Å². The normalized spacial score (nSPS) is 11.8. The summed E-state index contributed by atoms with van der Waals surface area (Å²) in [6.45, 7) is 2.06. The minimum absolute atomic E-state index is 0.114. The molecular weight excluding hydrogens is 420 g/mol. The number of carbonyl (C=O) groups excluding carboxylic acids is 1. The number of ether oxygens (including phenoxy) is 1. The largest absolute Gasteiger partial charge is 0.501 e. The number of carbonyl (C=O) groups is 1. The Morgan fingerprint density at radius 2 is 1.91 bits per heavy atom. The summed E-state index contributed by atoms with van der Waals surface area (Å²) < 4.78 is 32.3. The van der Waals surface area contributed by atoms with E-state index in [1.165, 1.54) is 6.07 Å². The highest BCUT2D eigenvalue weighted by molar-refractivity contribution is 5.94. The second-order valence-corrected chi connectivity index (χ2v) is 7.15. The molecule has 32 heavy (non-hydrogen) atoms. The van der Waals surface area contributed by atoms with E-state index in [9.17, 15) is 23.5 Å². The first-order chi connectivity index (χ1) is 15.4. The van der Waals surface area contributed by atoms with Gasteiger partial charge in [-0.15, -0.1) is 0 Å². The zero-order valence-electron chi connectivity index (χ0n) is 17.4. The fourth-order valence-electron chi connectivity index (χ4n) is 3.04. The van der Waals surface area contributed by atoms with Gasteiger partial charge in [0.15, 0.2) is 17.3 Å². The summed E-state index contributed by atoms with van der Waals surface area (Å²) in [6, 6.07) is 12.6. The Morgan fingerprint density at radius 1 is 1.16 bits per heavy atom. The maximum Gasteiger partial charge on any atom is 0.294 e. The number of benzene rings is 2. The molecule has 1 amide bonds. The molecule has 0 aliphatic rings. The molecule has 3 N–H and O–H groups in total. The van der Waals surface area contributed by atoms with Crippen LogP contribution in [0.3, 0.4) is 0 Å². The average molecular weight is 443 g/mol. The Labute approximate surface area is 183 Å². The van der Waals surface area contributed by atoms with Crippen LogP contribution < -0.4 is 10.9 Å². The van der Waals surface area contributed by atoms with Crippen molar-refractivity contribution < 1.29 is 23.4 Å². The van der Waals surface area contributed by atoms with E-state index in [0.29, 0.717) is 12.0 Å². The molecule has 1 heterocycles. The molecule has 3 aromatic rings. The number of aromatic hydroxyl groups is 1. The Bertz CT molecular complexity index is 1140. The van der Waals surface area contributed by atoms with Crippen molar-refractivity contribution in [3.05, 3.63) is 93.2 Å². The summed E-state index contributed by atoms with van der Waals surface area (Å²) in [7, 11) is 0. The van der Waals surface area contributed by atoms with Crippen LogP contribution in [-0.2, 0) is 17.9 Å². The highest BCUT2D eigenvalue weighted by Crippen LogP contribution is 2.22. The highest BCUT2D eigenvalue weighted by atomic mass is 19.2. The number of aromatic amines is 1. The van der Waals surface area contributed by atoms with E-state index in [0.717, 1.165) is 24.1 Å². The van der Waals surface area contributed by atoms with Crippen LogP contribution in [0.15, 0.2) is 53.3 Å². The molecule has 0 fully saturated rings. The fraction of sp³-hybridized carbons (Fsp3) is 0.261. The van der Waals surface area contributed by atoms with Crippen molar-refractivity contribution in [1.82, 2.24) is 15.3 Å². The zero-order valence-corrected chi connectivity index (χ0v) is 17.4. The van der Waals surface area contributed by atoms with Crippen LogP contribution in [0.5, 0.6) is 5.75 Å². The van der Waals surface area contributed by atoms with Gasteiger partial charge in [0.2, 0.25) is 5.75 Å². The Balaban J connectivity index is 1.78. The lowest BCUT2D eigenvalue weighted by molar-refractivity contribution is 0.0271. The highest BCUT2D eigenvalue weighted by Gasteiger charge is 2.22. The van der Waals surface area contributed by atoms with E-state index in [1.807, 2.05) is 37.3 Å². The molecule has 0 aliphatic heterocycles. The van der Waals surface area contributed by atoms with Crippen molar-refractivity contribution in [3.63, 3.8) is 0 Å². The molecule has 0 aliphatic carbocycles. The quantitative estimate of drug-likeness (QED) is 0.467. The molecule has 3 rings (SSSR count). The van der Waals surface area contributed by atoms with Crippen LogP contribution in [0.4, 0.5) is 8.78 Å². The van der Waals surface area contributed by atoms with E-state index < -0.39 is 40.6 Å². The molecule has 1 atom stereocenters. The first-order valence-corrected chi connectivity index (χ1v) is 10.1. The number of halogens is 2. The number of amides is 1. The summed E-state index contributed by atoms with van der Waals surface area (Å²) in [5.41, 5.74) is -0.121. The van der Waals surface area contributed by atoms with Crippen molar-refractivity contribution in [2.45, 2.75) is 39.0 Å². The van der Waals surface area contributed by atoms with Gasteiger partial charge in [0.1, 0.15) is 11.9 Å². The van der Waals surface area contributed by atoms with Crippen molar-refractivity contribution in [1.29, 1.82) is 0 Å². The molecule has 168 valence electrons.